The van der Waals surface area contributed by atoms with Gasteiger partial charge in [-0.15, -0.1) is 0 Å². The molecule has 1 aromatic carbocycles. The summed E-state index contributed by atoms with van der Waals surface area (Å²) in [5.74, 6) is -0.560. The number of anilines is 1. The minimum Gasteiger partial charge on any atom is -0.399 e. The van der Waals surface area contributed by atoms with Crippen molar-refractivity contribution in [3.8, 4) is 0 Å². The number of nitrogens with zero attached hydrogens (tertiary/aromatic N) is 1. The topological polar surface area (TPSA) is 30.4 Å². The predicted molar refractivity (Wildman–Crippen MR) is 37.1 cm³/mol. The van der Waals surface area contributed by atoms with Crippen LogP contribution in [0.15, 0.2) is 18.2 Å². The molecule has 0 saturated heterocycles. The molecule has 2 nitrogen and oxygen atoms in total. The van der Waals surface area contributed by atoms with E-state index >= 15 is 0 Å². The highest BCUT2D eigenvalue weighted by Crippen LogP contribution is 2.19. The van der Waals surface area contributed by atoms with Gasteiger partial charge in [0.1, 0.15) is 5.82 Å². The van der Waals surface area contributed by atoms with Gasteiger partial charge in [0.05, 0.1) is 6.57 Å². The van der Waals surface area contributed by atoms with E-state index in [1.807, 2.05) is 0 Å². The van der Waals surface area contributed by atoms with Crippen LogP contribution in [0.4, 0.5) is 15.8 Å². The zero-order valence-corrected chi connectivity index (χ0v) is 5.13. The Labute approximate surface area is 57.9 Å². The highest BCUT2D eigenvalue weighted by atomic mass is 19.1. The van der Waals surface area contributed by atoms with E-state index in [9.17, 15) is 4.39 Å². The van der Waals surface area contributed by atoms with Crippen LogP contribution in [-0.2, 0) is 0 Å². The van der Waals surface area contributed by atoms with E-state index in [1.54, 1.807) is 0 Å². The van der Waals surface area contributed by atoms with E-state index in [0.717, 1.165) is 6.07 Å². The average molecular weight is 136 g/mol. The van der Waals surface area contributed by atoms with Crippen LogP contribution in [0.1, 0.15) is 0 Å². The molecule has 3 heteroatoms. The molecule has 0 bridgehead atoms. The maximum absolute atomic E-state index is 12.6. The van der Waals surface area contributed by atoms with Crippen LogP contribution in [0.25, 0.3) is 4.85 Å². The van der Waals surface area contributed by atoms with Gasteiger partial charge in [-0.2, -0.15) is 0 Å². The Bertz CT molecular complexity index is 288. The van der Waals surface area contributed by atoms with Crippen molar-refractivity contribution < 1.29 is 4.39 Å². The second-order valence-electron chi connectivity index (χ2n) is 1.82. The fourth-order valence-corrected chi connectivity index (χ4v) is 0.614. The van der Waals surface area contributed by atoms with Crippen molar-refractivity contribution in [2.45, 2.75) is 0 Å². The lowest BCUT2D eigenvalue weighted by Crippen LogP contribution is -1.84. The molecule has 1 rings (SSSR count). The van der Waals surface area contributed by atoms with Crippen LogP contribution in [0.2, 0.25) is 0 Å². The fraction of sp³-hybridized carbons (Fsp3) is 0. The number of nitrogens with two attached hydrogens (primary N) is 1. The van der Waals surface area contributed by atoms with Crippen molar-refractivity contribution in [1.29, 1.82) is 0 Å². The molecule has 0 heterocycles. The highest BCUT2D eigenvalue weighted by molar-refractivity contribution is 5.53. The third-order valence-corrected chi connectivity index (χ3v) is 1.09. The molecule has 2 N–H and O–H groups in total. The predicted octanol–water partition coefficient (Wildman–Crippen LogP) is 1.96. The van der Waals surface area contributed by atoms with Gasteiger partial charge < -0.3 is 5.73 Å². The molecule has 0 amide bonds. The minimum atomic E-state index is -0.560. The summed E-state index contributed by atoms with van der Waals surface area (Å²) in [5.41, 5.74) is 5.59. The van der Waals surface area contributed by atoms with Crippen molar-refractivity contribution in [2.24, 2.45) is 0 Å². The monoisotopic (exact) mass is 136 g/mol. The van der Waals surface area contributed by atoms with Crippen molar-refractivity contribution in [1.82, 2.24) is 0 Å². The Morgan fingerprint density at radius 2 is 2.20 bits per heavy atom. The first-order valence-electron chi connectivity index (χ1n) is 2.66. The lowest BCUT2D eigenvalue weighted by Gasteiger charge is -1.93. The lowest BCUT2D eigenvalue weighted by molar-refractivity contribution is 0.634. The maximum Gasteiger partial charge on any atom is 0.222 e. The van der Waals surface area contributed by atoms with Gasteiger partial charge in [-0.25, -0.2) is 9.24 Å². The molecule has 1 aromatic rings. The van der Waals surface area contributed by atoms with Crippen LogP contribution in [0.3, 0.4) is 0 Å². The fourth-order valence-electron chi connectivity index (χ4n) is 0.614. The van der Waals surface area contributed by atoms with E-state index in [-0.39, 0.29) is 5.69 Å². The van der Waals surface area contributed by atoms with Crippen LogP contribution in [0, 0.1) is 12.4 Å². The van der Waals surface area contributed by atoms with Gasteiger partial charge in [0.15, 0.2) is 0 Å². The molecule has 0 radical (unpaired) electrons. The zero-order valence-electron chi connectivity index (χ0n) is 5.13. The van der Waals surface area contributed by atoms with Crippen molar-refractivity contribution >= 4 is 11.4 Å². The molecule has 0 aliphatic carbocycles. The van der Waals surface area contributed by atoms with Gasteiger partial charge in [-0.3, -0.25) is 0 Å². The summed E-state index contributed by atoms with van der Waals surface area (Å²) in [7, 11) is 0. The standard InChI is InChI=1S/C7H5FN2/c1-10-7-3-2-5(9)4-6(7)8/h2-4H,9H2. The molecule has 0 unspecified atom stereocenters. The third kappa shape index (κ3) is 1.06. The van der Waals surface area contributed by atoms with Crippen LogP contribution >= 0.6 is 0 Å². The largest absolute Gasteiger partial charge is 0.399 e. The Morgan fingerprint density at radius 3 is 2.70 bits per heavy atom. The van der Waals surface area contributed by atoms with E-state index in [2.05, 4.69) is 4.85 Å². The normalized spacial score (nSPS) is 8.80. The number of hydrogen-bond acceptors (Lipinski definition) is 1. The molecule has 0 spiro atoms. The number of nitrogen functional groups attached to an aromatic ring is 1. The summed E-state index contributed by atoms with van der Waals surface area (Å²) >= 11 is 0. The molecule has 0 saturated carbocycles. The van der Waals surface area contributed by atoms with Gasteiger partial charge >= 0.3 is 0 Å². The minimum absolute atomic E-state index is 0.00852. The Kier molecular flexibility index (Phi) is 1.55. The molecule has 0 aliphatic heterocycles. The van der Waals surface area contributed by atoms with Crippen molar-refractivity contribution in [3.05, 3.63) is 35.4 Å². The summed E-state index contributed by atoms with van der Waals surface area (Å²) in [6, 6.07) is 3.99. The van der Waals surface area contributed by atoms with E-state index < -0.39 is 5.82 Å². The first kappa shape index (κ1) is 6.56. The van der Waals surface area contributed by atoms with Crippen molar-refractivity contribution in [3.63, 3.8) is 0 Å². The van der Waals surface area contributed by atoms with Gasteiger partial charge in [-0.05, 0) is 12.1 Å². The Hall–Kier alpha value is -1.56. The Balaban J connectivity index is 3.23. The molecule has 0 atom stereocenters. The number of benzene rings is 1. The molecular weight excluding hydrogens is 131 g/mol. The SMILES string of the molecule is [C-]#[N+]c1ccc(N)cc1F. The third-order valence-electron chi connectivity index (χ3n) is 1.09. The highest BCUT2D eigenvalue weighted by Gasteiger charge is 1.99. The second kappa shape index (κ2) is 2.36. The first-order valence-corrected chi connectivity index (χ1v) is 2.66. The molecule has 50 valence electrons. The quantitative estimate of drug-likeness (QED) is 0.429. The van der Waals surface area contributed by atoms with Gasteiger partial charge in [0, 0.05) is 5.69 Å². The van der Waals surface area contributed by atoms with Gasteiger partial charge in [-0.1, -0.05) is 6.07 Å². The summed E-state index contributed by atoms with van der Waals surface area (Å²) in [6.45, 7) is 6.50. The molecule has 0 aliphatic rings. The lowest BCUT2D eigenvalue weighted by atomic mass is 10.3. The zero-order chi connectivity index (χ0) is 7.56. The summed E-state index contributed by atoms with van der Waals surface area (Å²) in [5, 5.41) is 0. The molecule has 0 fully saturated rings. The second-order valence-corrected chi connectivity index (χ2v) is 1.82. The van der Waals surface area contributed by atoms with Crippen molar-refractivity contribution in [2.75, 3.05) is 5.73 Å². The molecule has 0 aromatic heterocycles. The van der Waals surface area contributed by atoms with Gasteiger partial charge in [0.25, 0.3) is 0 Å². The number of halogens is 1. The van der Waals surface area contributed by atoms with E-state index in [4.69, 9.17) is 12.3 Å². The summed E-state index contributed by atoms with van der Waals surface area (Å²) in [6.07, 6.45) is 0. The smallest absolute Gasteiger partial charge is 0.222 e. The van der Waals surface area contributed by atoms with Crippen LogP contribution < -0.4 is 5.73 Å². The molecule has 10 heavy (non-hydrogen) atoms. The van der Waals surface area contributed by atoms with E-state index in [1.165, 1.54) is 12.1 Å². The number of rotatable bonds is 0. The van der Waals surface area contributed by atoms with E-state index in [0.29, 0.717) is 5.69 Å². The number of hydrogen-bond donors (Lipinski definition) is 1. The van der Waals surface area contributed by atoms with Crippen LogP contribution in [0.5, 0.6) is 0 Å². The van der Waals surface area contributed by atoms with Gasteiger partial charge in [0.2, 0.25) is 5.69 Å². The summed E-state index contributed by atoms with van der Waals surface area (Å²) < 4.78 is 12.6. The first-order chi connectivity index (χ1) is 4.74. The summed E-state index contributed by atoms with van der Waals surface area (Å²) in [4.78, 5) is 2.93. The molecular formula is C7H5FN2. The Morgan fingerprint density at radius 1 is 1.50 bits per heavy atom. The van der Waals surface area contributed by atoms with Crippen LogP contribution in [-0.4, -0.2) is 0 Å². The maximum atomic E-state index is 12.6. The average Bonchev–Trinajstić information content (AvgIpc) is 1.88.